The number of aryl methyl sites for hydroxylation is 1. The average Bonchev–Trinajstić information content (AvgIpc) is 2.72. The van der Waals surface area contributed by atoms with Crippen LogP contribution in [0, 0.1) is 16.0 Å². The second-order valence-corrected chi connectivity index (χ2v) is 4.68. The largest absolute Gasteiger partial charge is 0.469 e. The summed E-state index contributed by atoms with van der Waals surface area (Å²) < 4.78 is 7.21. The quantitative estimate of drug-likeness (QED) is 0.646. The predicted molar refractivity (Wildman–Crippen MR) is 63.3 cm³/mol. The lowest BCUT2D eigenvalue weighted by atomic mass is 9.88. The Hall–Kier alpha value is -1.63. The molecule has 0 saturated heterocycles. The minimum atomic E-state index is -0.533. The smallest absolute Gasteiger partial charge is 0.426 e. The van der Waals surface area contributed by atoms with Gasteiger partial charge in [-0.1, -0.05) is 0 Å². The Morgan fingerprint density at radius 1 is 1.56 bits per heavy atom. The van der Waals surface area contributed by atoms with E-state index in [2.05, 4.69) is 4.98 Å². The Kier molecular flexibility index (Phi) is 3.81. The molecule has 0 radical (unpaired) electrons. The third-order valence-corrected chi connectivity index (χ3v) is 3.37. The highest BCUT2D eigenvalue weighted by atomic mass is 16.6. The maximum atomic E-state index is 10.8. The number of nitrogens with zero attached hydrogens (tertiary/aromatic N) is 3. The maximum Gasteiger partial charge on any atom is 0.426 e. The van der Waals surface area contributed by atoms with Gasteiger partial charge in [0.15, 0.2) is 0 Å². The SMILES string of the molecule is Cn1cnc([N+](=O)[O-])c1OC1CCC(CO)CC1. The highest BCUT2D eigenvalue weighted by molar-refractivity contribution is 5.33. The number of rotatable bonds is 4. The van der Waals surface area contributed by atoms with Gasteiger partial charge in [0.05, 0.1) is 0 Å². The third-order valence-electron chi connectivity index (χ3n) is 3.37. The molecule has 0 spiro atoms. The number of ether oxygens (including phenoxy) is 1. The van der Waals surface area contributed by atoms with Gasteiger partial charge in [0.1, 0.15) is 6.10 Å². The fraction of sp³-hybridized carbons (Fsp3) is 0.727. The molecule has 0 bridgehead atoms. The zero-order valence-electron chi connectivity index (χ0n) is 10.3. The molecule has 7 heteroatoms. The predicted octanol–water partition coefficient (Wildman–Crippen LogP) is 1.26. The Balaban J connectivity index is 2.02. The van der Waals surface area contributed by atoms with Gasteiger partial charge in [0.25, 0.3) is 5.88 Å². The van der Waals surface area contributed by atoms with E-state index in [-0.39, 0.29) is 24.4 Å². The van der Waals surface area contributed by atoms with E-state index in [4.69, 9.17) is 9.84 Å². The van der Waals surface area contributed by atoms with Crippen molar-refractivity contribution in [2.24, 2.45) is 13.0 Å². The van der Waals surface area contributed by atoms with Gasteiger partial charge in [0.2, 0.25) is 6.33 Å². The molecule has 0 unspecified atom stereocenters. The molecule has 1 aliphatic carbocycles. The van der Waals surface area contributed by atoms with Gasteiger partial charge in [-0.15, -0.1) is 0 Å². The van der Waals surface area contributed by atoms with Crippen molar-refractivity contribution in [2.45, 2.75) is 31.8 Å². The molecule has 7 nitrogen and oxygen atoms in total. The van der Waals surface area contributed by atoms with Crippen LogP contribution in [-0.2, 0) is 7.05 Å². The molecule has 100 valence electrons. The van der Waals surface area contributed by atoms with E-state index in [1.807, 2.05) is 0 Å². The lowest BCUT2D eigenvalue weighted by Gasteiger charge is -2.27. The van der Waals surface area contributed by atoms with Crippen LogP contribution in [-0.4, -0.2) is 32.3 Å². The molecule has 1 heterocycles. The molecule has 1 aromatic rings. The average molecular weight is 255 g/mol. The van der Waals surface area contributed by atoms with Crippen molar-refractivity contribution in [2.75, 3.05) is 6.61 Å². The van der Waals surface area contributed by atoms with Gasteiger partial charge < -0.3 is 20.0 Å². The fourth-order valence-electron chi connectivity index (χ4n) is 2.26. The third kappa shape index (κ3) is 2.61. The van der Waals surface area contributed by atoms with E-state index >= 15 is 0 Å². The molecule has 1 saturated carbocycles. The number of aliphatic hydroxyl groups is 1. The van der Waals surface area contributed by atoms with Crippen LogP contribution in [0.3, 0.4) is 0 Å². The van der Waals surface area contributed by atoms with Crippen molar-refractivity contribution in [1.29, 1.82) is 0 Å². The van der Waals surface area contributed by atoms with Crippen LogP contribution in [0.5, 0.6) is 5.88 Å². The number of hydrogen-bond acceptors (Lipinski definition) is 5. The molecule has 1 aliphatic rings. The van der Waals surface area contributed by atoms with E-state index in [0.717, 1.165) is 25.7 Å². The summed E-state index contributed by atoms with van der Waals surface area (Å²) in [6.45, 7) is 0.207. The Morgan fingerprint density at radius 3 is 2.78 bits per heavy atom. The zero-order chi connectivity index (χ0) is 13.1. The minimum absolute atomic E-state index is 0.0260. The molecule has 1 aromatic heterocycles. The van der Waals surface area contributed by atoms with Gasteiger partial charge in [-0.2, -0.15) is 0 Å². The van der Waals surface area contributed by atoms with Crippen molar-refractivity contribution in [1.82, 2.24) is 9.55 Å². The van der Waals surface area contributed by atoms with Crippen LogP contribution < -0.4 is 4.74 Å². The van der Waals surface area contributed by atoms with Gasteiger partial charge in [-0.05, 0) is 41.5 Å². The summed E-state index contributed by atoms with van der Waals surface area (Å²) in [6.07, 6.45) is 4.77. The number of hydrogen-bond donors (Lipinski definition) is 1. The summed E-state index contributed by atoms with van der Waals surface area (Å²) in [6, 6.07) is 0. The molecule has 0 aliphatic heterocycles. The normalized spacial score (nSPS) is 23.9. The fourth-order valence-corrected chi connectivity index (χ4v) is 2.26. The lowest BCUT2D eigenvalue weighted by molar-refractivity contribution is -0.390. The van der Waals surface area contributed by atoms with Crippen LogP contribution in [0.1, 0.15) is 25.7 Å². The maximum absolute atomic E-state index is 10.8. The molecule has 0 aromatic carbocycles. The first-order chi connectivity index (χ1) is 8.61. The Bertz CT molecular complexity index is 424. The van der Waals surface area contributed by atoms with E-state index in [9.17, 15) is 10.1 Å². The van der Waals surface area contributed by atoms with Crippen molar-refractivity contribution in [3.8, 4) is 5.88 Å². The standard InChI is InChI=1S/C11H17N3O4/c1-13-7-12-10(14(16)17)11(13)18-9-4-2-8(6-15)3-5-9/h7-9,15H,2-6H2,1H3. The van der Waals surface area contributed by atoms with E-state index in [0.29, 0.717) is 5.92 Å². The molecule has 18 heavy (non-hydrogen) atoms. The van der Waals surface area contributed by atoms with Crippen LogP contribution in [0.2, 0.25) is 0 Å². The first kappa shape index (κ1) is 12.8. The number of aromatic nitrogens is 2. The van der Waals surface area contributed by atoms with Gasteiger partial charge >= 0.3 is 5.82 Å². The molecule has 0 atom stereocenters. The highest BCUT2D eigenvalue weighted by Gasteiger charge is 2.27. The summed E-state index contributed by atoms with van der Waals surface area (Å²) >= 11 is 0. The molecular formula is C11H17N3O4. The number of nitro groups is 1. The highest BCUT2D eigenvalue weighted by Crippen LogP contribution is 2.31. The van der Waals surface area contributed by atoms with Gasteiger partial charge in [-0.25, -0.2) is 0 Å². The van der Waals surface area contributed by atoms with Crippen LogP contribution in [0.25, 0.3) is 0 Å². The zero-order valence-corrected chi connectivity index (χ0v) is 10.3. The first-order valence-electron chi connectivity index (χ1n) is 6.05. The lowest BCUT2D eigenvalue weighted by Crippen LogP contribution is -2.26. The van der Waals surface area contributed by atoms with Crippen LogP contribution >= 0.6 is 0 Å². The molecule has 1 fully saturated rings. The summed E-state index contributed by atoms with van der Waals surface area (Å²) in [7, 11) is 1.68. The Morgan fingerprint density at radius 2 is 2.22 bits per heavy atom. The van der Waals surface area contributed by atoms with E-state index in [1.165, 1.54) is 10.9 Å². The monoisotopic (exact) mass is 255 g/mol. The molecular weight excluding hydrogens is 238 g/mol. The summed E-state index contributed by atoms with van der Waals surface area (Å²) in [5, 5.41) is 19.8. The summed E-state index contributed by atoms with van der Waals surface area (Å²) in [5.41, 5.74) is 0. The minimum Gasteiger partial charge on any atom is -0.469 e. The van der Waals surface area contributed by atoms with Crippen molar-refractivity contribution >= 4 is 5.82 Å². The topological polar surface area (TPSA) is 90.4 Å². The second kappa shape index (κ2) is 5.34. The molecule has 2 rings (SSSR count). The van der Waals surface area contributed by atoms with E-state index < -0.39 is 4.92 Å². The van der Waals surface area contributed by atoms with Crippen molar-refractivity contribution < 1.29 is 14.8 Å². The van der Waals surface area contributed by atoms with Gasteiger partial charge in [-0.3, -0.25) is 4.57 Å². The summed E-state index contributed by atoms with van der Waals surface area (Å²) in [5.74, 6) is 0.320. The Labute approximate surface area is 105 Å². The number of imidazole rings is 1. The number of aliphatic hydroxyl groups excluding tert-OH is 1. The summed E-state index contributed by atoms with van der Waals surface area (Å²) in [4.78, 5) is 14.0. The van der Waals surface area contributed by atoms with Crippen LogP contribution in [0.4, 0.5) is 5.82 Å². The molecule has 0 amide bonds. The van der Waals surface area contributed by atoms with Crippen LogP contribution in [0.15, 0.2) is 6.33 Å². The van der Waals surface area contributed by atoms with Crippen molar-refractivity contribution in [3.63, 3.8) is 0 Å². The van der Waals surface area contributed by atoms with Crippen molar-refractivity contribution in [3.05, 3.63) is 16.4 Å². The second-order valence-electron chi connectivity index (χ2n) is 4.68. The molecule has 1 N–H and O–H groups in total. The first-order valence-corrected chi connectivity index (χ1v) is 6.05. The van der Waals surface area contributed by atoms with Gasteiger partial charge in [0, 0.05) is 13.7 Å². The van der Waals surface area contributed by atoms with E-state index in [1.54, 1.807) is 7.05 Å².